The van der Waals surface area contributed by atoms with Crippen LogP contribution in [0.25, 0.3) is 6.08 Å². The summed E-state index contributed by atoms with van der Waals surface area (Å²) in [6, 6.07) is 20.1. The second kappa shape index (κ2) is 7.79. The molecule has 140 valence electrons. The van der Waals surface area contributed by atoms with Gasteiger partial charge in [-0.05, 0) is 42.0 Å². The highest BCUT2D eigenvalue weighted by Crippen LogP contribution is 2.35. The van der Waals surface area contributed by atoms with Crippen molar-refractivity contribution >= 4 is 23.5 Å². The predicted octanol–water partition coefficient (Wildman–Crippen LogP) is 5.54. The van der Waals surface area contributed by atoms with Crippen LogP contribution in [0.4, 0.5) is 0 Å². The summed E-state index contributed by atoms with van der Waals surface area (Å²) >= 11 is 6.15. The van der Waals surface area contributed by atoms with Gasteiger partial charge in [0.15, 0.2) is 5.76 Å². The Morgan fingerprint density at radius 1 is 1.00 bits per heavy atom. The van der Waals surface area contributed by atoms with Gasteiger partial charge < -0.3 is 14.2 Å². The lowest BCUT2D eigenvalue weighted by atomic mass is 10.1. The average Bonchev–Trinajstić information content (AvgIpc) is 3.03. The molecule has 0 radical (unpaired) electrons. The Labute approximate surface area is 167 Å². The molecule has 0 aromatic heterocycles. The third-order valence-electron chi connectivity index (χ3n) is 4.41. The molecule has 0 fully saturated rings. The number of allylic oxidation sites excluding steroid dienone is 1. The first kappa shape index (κ1) is 18.1. The van der Waals surface area contributed by atoms with E-state index in [2.05, 4.69) is 0 Å². The van der Waals surface area contributed by atoms with Crippen LogP contribution >= 0.6 is 11.6 Å². The van der Waals surface area contributed by atoms with E-state index in [9.17, 15) is 4.79 Å². The normalized spacial score (nSPS) is 13.9. The van der Waals surface area contributed by atoms with E-state index in [1.165, 1.54) is 0 Å². The van der Waals surface area contributed by atoms with Crippen molar-refractivity contribution in [1.82, 2.24) is 0 Å². The number of carbonyl (C=O) groups excluding carboxylic acids is 1. The smallest absolute Gasteiger partial charge is 0.231 e. The van der Waals surface area contributed by atoms with Crippen LogP contribution in [-0.4, -0.2) is 12.9 Å². The van der Waals surface area contributed by atoms with E-state index in [0.717, 1.165) is 16.9 Å². The molecule has 4 rings (SSSR count). The van der Waals surface area contributed by atoms with Crippen molar-refractivity contribution in [2.24, 2.45) is 0 Å². The number of fused-ring (bicyclic) bond motifs is 1. The number of halogens is 1. The van der Waals surface area contributed by atoms with Crippen molar-refractivity contribution in [3.05, 3.63) is 94.2 Å². The quantitative estimate of drug-likeness (QED) is 0.534. The average molecular weight is 393 g/mol. The van der Waals surface area contributed by atoms with Crippen molar-refractivity contribution in [3.63, 3.8) is 0 Å². The maximum atomic E-state index is 12.6. The summed E-state index contributed by atoms with van der Waals surface area (Å²) < 4.78 is 16.7. The third-order valence-corrected chi connectivity index (χ3v) is 4.78. The Balaban J connectivity index is 1.50. The number of ketones is 1. The van der Waals surface area contributed by atoms with Crippen molar-refractivity contribution in [3.8, 4) is 17.2 Å². The minimum Gasteiger partial charge on any atom is -0.497 e. The van der Waals surface area contributed by atoms with Crippen molar-refractivity contribution in [2.75, 3.05) is 7.11 Å². The fraction of sp³-hybridized carbons (Fsp3) is 0.0870. The van der Waals surface area contributed by atoms with Crippen LogP contribution in [0.15, 0.2) is 72.5 Å². The number of methoxy groups -OCH3 is 1. The van der Waals surface area contributed by atoms with E-state index < -0.39 is 0 Å². The van der Waals surface area contributed by atoms with Crippen LogP contribution in [0.2, 0.25) is 5.02 Å². The third kappa shape index (κ3) is 3.73. The van der Waals surface area contributed by atoms with Gasteiger partial charge >= 0.3 is 0 Å². The second-order valence-corrected chi connectivity index (χ2v) is 6.66. The van der Waals surface area contributed by atoms with Gasteiger partial charge in [0.05, 0.1) is 12.7 Å². The maximum Gasteiger partial charge on any atom is 0.231 e. The molecule has 5 heteroatoms. The molecule has 0 saturated heterocycles. The van der Waals surface area contributed by atoms with Crippen molar-refractivity contribution < 1.29 is 19.0 Å². The highest BCUT2D eigenvalue weighted by Gasteiger charge is 2.27. The first-order valence-electron chi connectivity index (χ1n) is 8.72. The number of carbonyl (C=O) groups is 1. The second-order valence-electron chi connectivity index (χ2n) is 6.25. The van der Waals surface area contributed by atoms with Gasteiger partial charge in [0.1, 0.15) is 23.9 Å². The molecule has 0 aliphatic carbocycles. The molecule has 0 unspecified atom stereocenters. The SMILES string of the molecule is COc1ccc(C=C2Oc3cc(OCc4ccccc4Cl)ccc3C2=O)cc1. The van der Waals surface area contributed by atoms with Crippen LogP contribution in [-0.2, 0) is 6.61 Å². The Morgan fingerprint density at radius 2 is 1.75 bits per heavy atom. The first-order valence-corrected chi connectivity index (χ1v) is 9.10. The molecule has 0 N–H and O–H groups in total. The molecular weight excluding hydrogens is 376 g/mol. The molecule has 0 spiro atoms. The zero-order valence-electron chi connectivity index (χ0n) is 15.1. The van der Waals surface area contributed by atoms with Gasteiger partial charge in [-0.15, -0.1) is 0 Å². The molecule has 1 aliphatic rings. The van der Waals surface area contributed by atoms with Gasteiger partial charge in [0.25, 0.3) is 0 Å². The van der Waals surface area contributed by atoms with E-state index in [1.807, 2.05) is 48.5 Å². The van der Waals surface area contributed by atoms with Gasteiger partial charge in [-0.2, -0.15) is 0 Å². The van der Waals surface area contributed by atoms with Gasteiger partial charge in [-0.3, -0.25) is 4.79 Å². The van der Waals surface area contributed by atoms with Gasteiger partial charge in [-0.25, -0.2) is 0 Å². The largest absolute Gasteiger partial charge is 0.497 e. The highest BCUT2D eigenvalue weighted by atomic mass is 35.5. The molecule has 0 amide bonds. The van der Waals surface area contributed by atoms with E-state index in [-0.39, 0.29) is 11.5 Å². The number of hydrogen-bond donors (Lipinski definition) is 0. The monoisotopic (exact) mass is 392 g/mol. The van der Waals surface area contributed by atoms with Crippen LogP contribution in [0.1, 0.15) is 21.5 Å². The fourth-order valence-corrected chi connectivity index (χ4v) is 3.08. The summed E-state index contributed by atoms with van der Waals surface area (Å²) in [6.07, 6.45) is 1.71. The molecule has 1 aliphatic heterocycles. The summed E-state index contributed by atoms with van der Waals surface area (Å²) in [6.45, 7) is 0.334. The van der Waals surface area contributed by atoms with Gasteiger partial charge in [0.2, 0.25) is 5.78 Å². The zero-order valence-corrected chi connectivity index (χ0v) is 15.9. The lowest BCUT2D eigenvalue weighted by Crippen LogP contribution is -1.98. The standard InChI is InChI=1S/C23H17ClO4/c1-26-17-8-6-15(7-9-17)12-22-23(25)19-11-10-18(13-21(19)28-22)27-14-16-4-2-3-5-20(16)24/h2-13H,14H2,1H3. The van der Waals surface area contributed by atoms with E-state index in [4.69, 9.17) is 25.8 Å². The van der Waals surface area contributed by atoms with Crippen LogP contribution in [0.5, 0.6) is 17.2 Å². The van der Waals surface area contributed by atoms with E-state index in [1.54, 1.807) is 31.4 Å². The van der Waals surface area contributed by atoms with Crippen LogP contribution in [0, 0.1) is 0 Å². The van der Waals surface area contributed by atoms with Gasteiger partial charge in [-0.1, -0.05) is 41.9 Å². The number of ether oxygens (including phenoxy) is 3. The zero-order chi connectivity index (χ0) is 19.5. The summed E-state index contributed by atoms with van der Waals surface area (Å²) in [5.74, 6) is 1.98. The van der Waals surface area contributed by atoms with Crippen molar-refractivity contribution in [1.29, 1.82) is 0 Å². The number of Topliss-reactive ketones (excluding diaryl/α,β-unsaturated/α-hetero) is 1. The maximum absolute atomic E-state index is 12.6. The minimum absolute atomic E-state index is 0.150. The molecule has 0 bridgehead atoms. The Morgan fingerprint density at radius 3 is 2.50 bits per heavy atom. The van der Waals surface area contributed by atoms with Crippen LogP contribution in [0.3, 0.4) is 0 Å². The highest BCUT2D eigenvalue weighted by molar-refractivity contribution is 6.31. The first-order chi connectivity index (χ1) is 13.6. The minimum atomic E-state index is -0.150. The summed E-state index contributed by atoms with van der Waals surface area (Å²) in [5, 5.41) is 0.653. The summed E-state index contributed by atoms with van der Waals surface area (Å²) in [4.78, 5) is 12.6. The molecule has 28 heavy (non-hydrogen) atoms. The molecule has 1 heterocycles. The van der Waals surface area contributed by atoms with Crippen LogP contribution < -0.4 is 14.2 Å². The molecule has 0 saturated carbocycles. The summed E-state index contributed by atoms with van der Waals surface area (Å²) in [5.41, 5.74) is 2.26. The predicted molar refractivity (Wildman–Crippen MR) is 108 cm³/mol. The fourth-order valence-electron chi connectivity index (χ4n) is 2.89. The van der Waals surface area contributed by atoms with E-state index >= 15 is 0 Å². The molecule has 3 aromatic rings. The molecule has 0 atom stereocenters. The Bertz CT molecular complexity index is 1050. The summed E-state index contributed by atoms with van der Waals surface area (Å²) in [7, 11) is 1.61. The number of rotatable bonds is 5. The molecule has 4 nitrogen and oxygen atoms in total. The molecular formula is C23H17ClO4. The van der Waals surface area contributed by atoms with Gasteiger partial charge in [0, 0.05) is 16.7 Å². The molecule has 3 aromatic carbocycles. The Hall–Kier alpha value is -3.24. The topological polar surface area (TPSA) is 44.8 Å². The van der Waals surface area contributed by atoms with E-state index in [0.29, 0.717) is 28.7 Å². The Kier molecular flexibility index (Phi) is 5.04. The lowest BCUT2D eigenvalue weighted by Gasteiger charge is -2.08. The number of benzene rings is 3. The number of hydrogen-bond acceptors (Lipinski definition) is 4. The lowest BCUT2D eigenvalue weighted by molar-refractivity contribution is 0.101. The van der Waals surface area contributed by atoms with Crippen molar-refractivity contribution in [2.45, 2.75) is 6.61 Å².